The molecular weight excluding hydrogens is 312 g/mol. The summed E-state index contributed by atoms with van der Waals surface area (Å²) in [6, 6.07) is 11.0. The summed E-state index contributed by atoms with van der Waals surface area (Å²) in [5, 5.41) is 6.48. The Morgan fingerprint density at radius 2 is 2.04 bits per heavy atom. The van der Waals surface area contributed by atoms with E-state index in [1.807, 2.05) is 50.2 Å². The number of rotatable bonds is 5. The molecule has 0 aliphatic rings. The maximum absolute atomic E-state index is 12.1. The van der Waals surface area contributed by atoms with Crippen molar-refractivity contribution in [2.24, 2.45) is 0 Å². The highest BCUT2D eigenvalue weighted by Gasteiger charge is 2.22. The molecule has 2 rings (SSSR count). The van der Waals surface area contributed by atoms with Gasteiger partial charge in [-0.05, 0) is 43.7 Å². The van der Waals surface area contributed by atoms with Crippen LogP contribution in [0.3, 0.4) is 0 Å². The van der Waals surface area contributed by atoms with Gasteiger partial charge in [-0.3, -0.25) is 0 Å². The zero-order valence-corrected chi connectivity index (χ0v) is 14.7. The van der Waals surface area contributed by atoms with Gasteiger partial charge >= 0.3 is 6.03 Å². The lowest BCUT2D eigenvalue weighted by atomic mass is 9.85. The molecule has 2 N–H and O–H groups in total. The number of hydrogen-bond acceptors (Lipinski definition) is 2. The summed E-state index contributed by atoms with van der Waals surface area (Å²) in [4.78, 5) is 12.1. The molecule has 0 aliphatic heterocycles. The molecule has 1 unspecified atom stereocenters. The van der Waals surface area contributed by atoms with E-state index in [0.717, 1.165) is 17.1 Å². The third-order valence-electron chi connectivity index (χ3n) is 3.83. The lowest BCUT2D eigenvalue weighted by molar-refractivity contribution is 0.233. The van der Waals surface area contributed by atoms with Gasteiger partial charge in [-0.1, -0.05) is 37.6 Å². The molecule has 124 valence electrons. The zero-order chi connectivity index (χ0) is 17.0. The molecule has 0 saturated carbocycles. The molecule has 0 bridgehead atoms. The number of aryl methyl sites for hydroxylation is 1. The average Bonchev–Trinajstić information content (AvgIpc) is 2.92. The summed E-state index contributed by atoms with van der Waals surface area (Å²) in [5.41, 5.74) is 0.868. The van der Waals surface area contributed by atoms with Gasteiger partial charge in [0, 0.05) is 17.0 Å². The van der Waals surface area contributed by atoms with Crippen LogP contribution in [0.15, 0.2) is 40.8 Å². The second kappa shape index (κ2) is 7.09. The van der Waals surface area contributed by atoms with Gasteiger partial charge in [0.1, 0.15) is 11.5 Å². The Bertz CT molecular complexity index is 679. The molecule has 0 fully saturated rings. The Labute approximate surface area is 142 Å². The minimum absolute atomic E-state index is 0.182. The maximum Gasteiger partial charge on any atom is 0.315 e. The number of amides is 2. The first kappa shape index (κ1) is 17.4. The average molecular weight is 335 g/mol. The van der Waals surface area contributed by atoms with E-state index in [0.29, 0.717) is 11.6 Å². The predicted molar refractivity (Wildman–Crippen MR) is 92.9 cm³/mol. The van der Waals surface area contributed by atoms with Gasteiger partial charge in [-0.2, -0.15) is 0 Å². The lowest BCUT2D eigenvalue weighted by Gasteiger charge is -2.26. The van der Waals surface area contributed by atoms with E-state index in [2.05, 4.69) is 24.5 Å². The fourth-order valence-corrected chi connectivity index (χ4v) is 2.51. The molecule has 1 heterocycles. The summed E-state index contributed by atoms with van der Waals surface area (Å²) in [6.07, 6.45) is 0. The lowest BCUT2D eigenvalue weighted by Crippen LogP contribution is -2.43. The van der Waals surface area contributed by atoms with Crippen LogP contribution in [0, 0.1) is 6.92 Å². The van der Waals surface area contributed by atoms with Crippen LogP contribution in [-0.2, 0) is 5.41 Å². The number of carbonyl (C=O) groups excluding carboxylic acids is 1. The van der Waals surface area contributed by atoms with Gasteiger partial charge in [0.25, 0.3) is 0 Å². The molecule has 0 radical (unpaired) electrons. The number of furan rings is 1. The SMILES string of the molecule is Cc1ccc(C(C)NC(=O)NCC(C)(C)c2cccc(Cl)c2)o1. The van der Waals surface area contributed by atoms with Crippen molar-refractivity contribution in [3.63, 3.8) is 0 Å². The second-order valence-corrected chi connectivity index (χ2v) is 6.83. The highest BCUT2D eigenvalue weighted by atomic mass is 35.5. The molecule has 5 heteroatoms. The summed E-state index contributed by atoms with van der Waals surface area (Å²) in [7, 11) is 0. The van der Waals surface area contributed by atoms with E-state index >= 15 is 0 Å². The molecule has 0 aliphatic carbocycles. The first-order valence-electron chi connectivity index (χ1n) is 7.65. The monoisotopic (exact) mass is 334 g/mol. The Morgan fingerprint density at radius 3 is 2.65 bits per heavy atom. The van der Waals surface area contributed by atoms with Crippen LogP contribution in [0.2, 0.25) is 5.02 Å². The molecule has 2 amide bonds. The summed E-state index contributed by atoms with van der Waals surface area (Å²) < 4.78 is 5.52. The second-order valence-electron chi connectivity index (χ2n) is 6.39. The van der Waals surface area contributed by atoms with Crippen LogP contribution >= 0.6 is 11.6 Å². The molecule has 0 spiro atoms. The fourth-order valence-electron chi connectivity index (χ4n) is 2.32. The van der Waals surface area contributed by atoms with Crippen molar-refractivity contribution in [3.8, 4) is 0 Å². The topological polar surface area (TPSA) is 54.3 Å². The van der Waals surface area contributed by atoms with Crippen LogP contribution < -0.4 is 10.6 Å². The highest BCUT2D eigenvalue weighted by Crippen LogP contribution is 2.24. The fraction of sp³-hybridized carbons (Fsp3) is 0.389. The van der Waals surface area contributed by atoms with Crippen molar-refractivity contribution in [2.75, 3.05) is 6.54 Å². The first-order chi connectivity index (χ1) is 10.8. The van der Waals surface area contributed by atoms with E-state index in [-0.39, 0.29) is 17.5 Å². The molecule has 0 saturated heterocycles. The normalized spacial score (nSPS) is 12.7. The number of urea groups is 1. The zero-order valence-electron chi connectivity index (χ0n) is 13.9. The van der Waals surface area contributed by atoms with E-state index in [4.69, 9.17) is 16.0 Å². The standard InChI is InChI=1S/C18H23ClN2O2/c1-12-8-9-16(23-12)13(2)21-17(22)20-11-18(3,4)14-6-5-7-15(19)10-14/h5-10,13H,11H2,1-4H3,(H2,20,21,22). The number of halogens is 1. The van der Waals surface area contributed by atoms with Crippen molar-refractivity contribution in [3.05, 3.63) is 58.5 Å². The predicted octanol–water partition coefficient (Wildman–Crippen LogP) is 4.58. The molecular formula is C18H23ClN2O2. The van der Waals surface area contributed by atoms with E-state index in [9.17, 15) is 4.79 Å². The molecule has 1 aromatic carbocycles. The van der Waals surface area contributed by atoms with Crippen LogP contribution in [-0.4, -0.2) is 12.6 Å². The van der Waals surface area contributed by atoms with Crippen molar-refractivity contribution in [2.45, 2.75) is 39.2 Å². The molecule has 4 nitrogen and oxygen atoms in total. The van der Waals surface area contributed by atoms with Crippen molar-refractivity contribution >= 4 is 17.6 Å². The summed E-state index contributed by atoms with van der Waals surface area (Å²) in [6.45, 7) is 8.41. The van der Waals surface area contributed by atoms with Gasteiger partial charge in [0.2, 0.25) is 0 Å². The van der Waals surface area contributed by atoms with Gasteiger partial charge in [-0.25, -0.2) is 4.79 Å². The maximum atomic E-state index is 12.1. The van der Waals surface area contributed by atoms with Crippen LogP contribution in [0.25, 0.3) is 0 Å². The molecule has 1 aromatic heterocycles. The Morgan fingerprint density at radius 1 is 1.30 bits per heavy atom. The van der Waals surface area contributed by atoms with Crippen LogP contribution in [0.5, 0.6) is 0 Å². The molecule has 2 aromatic rings. The van der Waals surface area contributed by atoms with Gasteiger partial charge in [-0.15, -0.1) is 0 Å². The smallest absolute Gasteiger partial charge is 0.315 e. The van der Waals surface area contributed by atoms with E-state index in [1.54, 1.807) is 0 Å². The minimum Gasteiger partial charge on any atom is -0.464 e. The first-order valence-corrected chi connectivity index (χ1v) is 8.02. The minimum atomic E-state index is -0.221. The van der Waals surface area contributed by atoms with Gasteiger partial charge in [0.15, 0.2) is 0 Å². The van der Waals surface area contributed by atoms with Crippen molar-refractivity contribution in [1.29, 1.82) is 0 Å². The van der Waals surface area contributed by atoms with Crippen LogP contribution in [0.4, 0.5) is 4.79 Å². The van der Waals surface area contributed by atoms with E-state index < -0.39 is 0 Å². The summed E-state index contributed by atoms with van der Waals surface area (Å²) >= 11 is 6.04. The van der Waals surface area contributed by atoms with Crippen LogP contribution in [0.1, 0.15) is 43.9 Å². The number of nitrogens with one attached hydrogen (secondary N) is 2. The van der Waals surface area contributed by atoms with Crippen molar-refractivity contribution in [1.82, 2.24) is 10.6 Å². The highest BCUT2D eigenvalue weighted by molar-refractivity contribution is 6.30. The van der Waals surface area contributed by atoms with Gasteiger partial charge in [0.05, 0.1) is 6.04 Å². The molecule has 23 heavy (non-hydrogen) atoms. The number of carbonyl (C=O) groups is 1. The Balaban J connectivity index is 1.90. The number of hydrogen-bond donors (Lipinski definition) is 2. The summed E-state index contributed by atoms with van der Waals surface area (Å²) in [5.74, 6) is 1.57. The quantitative estimate of drug-likeness (QED) is 0.840. The number of benzene rings is 1. The Hall–Kier alpha value is -1.94. The largest absolute Gasteiger partial charge is 0.464 e. The molecule has 1 atom stereocenters. The van der Waals surface area contributed by atoms with E-state index in [1.165, 1.54) is 0 Å². The third kappa shape index (κ3) is 4.76. The third-order valence-corrected chi connectivity index (χ3v) is 4.07. The Kier molecular flexibility index (Phi) is 5.37. The van der Waals surface area contributed by atoms with Gasteiger partial charge < -0.3 is 15.1 Å². The van der Waals surface area contributed by atoms with Crippen molar-refractivity contribution < 1.29 is 9.21 Å².